The first-order valence-corrected chi connectivity index (χ1v) is 6.79. The molecule has 0 radical (unpaired) electrons. The molecule has 0 atom stereocenters. The number of aromatic amines is 1. The van der Waals surface area contributed by atoms with Crippen LogP contribution in [0.25, 0.3) is 21.8 Å². The van der Waals surface area contributed by atoms with Crippen molar-refractivity contribution < 1.29 is 0 Å². The average Bonchev–Trinajstić information content (AvgIpc) is 2.84. The molecular formula is C17H16N2. The van der Waals surface area contributed by atoms with E-state index in [1.807, 2.05) is 6.21 Å². The van der Waals surface area contributed by atoms with Gasteiger partial charge in [-0.25, -0.2) is 0 Å². The summed E-state index contributed by atoms with van der Waals surface area (Å²) >= 11 is 0. The molecule has 1 aliphatic heterocycles. The van der Waals surface area contributed by atoms with Crippen LogP contribution in [0.1, 0.15) is 22.3 Å². The smallest absolute Gasteiger partial charge is 0.0504 e. The zero-order valence-electron chi connectivity index (χ0n) is 11.2. The van der Waals surface area contributed by atoms with E-state index >= 15 is 0 Å². The van der Waals surface area contributed by atoms with Crippen molar-refractivity contribution in [3.63, 3.8) is 0 Å². The average molecular weight is 248 g/mol. The second kappa shape index (κ2) is 3.70. The third-order valence-corrected chi connectivity index (χ3v) is 4.35. The number of aryl methyl sites for hydroxylation is 2. The normalized spacial score (nSPS) is 14.2. The van der Waals surface area contributed by atoms with Gasteiger partial charge in [-0.2, -0.15) is 0 Å². The maximum absolute atomic E-state index is 4.44. The van der Waals surface area contributed by atoms with E-state index in [1.54, 1.807) is 0 Å². The van der Waals surface area contributed by atoms with E-state index in [9.17, 15) is 0 Å². The molecule has 4 rings (SSSR count). The molecule has 0 amide bonds. The van der Waals surface area contributed by atoms with Gasteiger partial charge in [-0.3, -0.25) is 4.99 Å². The van der Waals surface area contributed by atoms with Gasteiger partial charge in [0.1, 0.15) is 0 Å². The first-order chi connectivity index (χ1) is 9.27. The van der Waals surface area contributed by atoms with Crippen LogP contribution in [0.15, 0.2) is 29.3 Å². The molecule has 0 saturated carbocycles. The molecule has 2 heteroatoms. The maximum Gasteiger partial charge on any atom is 0.0504 e. The zero-order valence-corrected chi connectivity index (χ0v) is 11.2. The van der Waals surface area contributed by atoms with Crippen molar-refractivity contribution >= 4 is 28.0 Å². The van der Waals surface area contributed by atoms with E-state index in [0.29, 0.717) is 0 Å². The van der Waals surface area contributed by atoms with E-state index in [0.717, 1.165) is 13.0 Å². The van der Waals surface area contributed by atoms with Crippen molar-refractivity contribution in [3.8, 4) is 0 Å². The van der Waals surface area contributed by atoms with Crippen molar-refractivity contribution in [1.82, 2.24) is 4.98 Å². The summed E-state index contributed by atoms with van der Waals surface area (Å²) in [4.78, 5) is 8.02. The Morgan fingerprint density at radius 2 is 1.95 bits per heavy atom. The van der Waals surface area contributed by atoms with Gasteiger partial charge in [-0.05, 0) is 43.0 Å². The molecule has 0 unspecified atom stereocenters. The molecule has 0 saturated heterocycles. The predicted octanol–water partition coefficient (Wildman–Crippen LogP) is 3.91. The van der Waals surface area contributed by atoms with Crippen LogP contribution in [0.3, 0.4) is 0 Å². The molecule has 0 spiro atoms. The number of hydrogen-bond donors (Lipinski definition) is 1. The molecule has 2 heterocycles. The second-order valence-corrected chi connectivity index (χ2v) is 5.35. The number of para-hydroxylation sites is 1. The lowest BCUT2D eigenvalue weighted by Crippen LogP contribution is -2.08. The van der Waals surface area contributed by atoms with Crippen LogP contribution in [0.2, 0.25) is 0 Å². The number of H-pyrrole nitrogens is 1. The third kappa shape index (κ3) is 1.34. The predicted molar refractivity (Wildman–Crippen MR) is 81.4 cm³/mol. The highest BCUT2D eigenvalue weighted by Crippen LogP contribution is 2.35. The van der Waals surface area contributed by atoms with Crippen LogP contribution in [0.5, 0.6) is 0 Å². The Morgan fingerprint density at radius 1 is 1.11 bits per heavy atom. The van der Waals surface area contributed by atoms with Crippen molar-refractivity contribution in [2.75, 3.05) is 6.54 Å². The number of nitrogens with one attached hydrogen (secondary N) is 1. The topological polar surface area (TPSA) is 28.1 Å². The second-order valence-electron chi connectivity index (χ2n) is 5.35. The fraction of sp³-hybridized carbons (Fsp3) is 0.235. The number of nitrogens with zero attached hydrogens (tertiary/aromatic N) is 1. The van der Waals surface area contributed by atoms with E-state index in [4.69, 9.17) is 0 Å². The third-order valence-electron chi connectivity index (χ3n) is 4.35. The highest BCUT2D eigenvalue weighted by molar-refractivity contribution is 6.12. The number of benzene rings is 2. The Balaban J connectivity index is 2.28. The minimum atomic E-state index is 0.918. The summed E-state index contributed by atoms with van der Waals surface area (Å²) in [5.41, 5.74) is 8.04. The molecule has 2 nitrogen and oxygen atoms in total. The maximum atomic E-state index is 4.44. The minimum absolute atomic E-state index is 0.918. The summed E-state index contributed by atoms with van der Waals surface area (Å²) in [5.74, 6) is 0. The summed E-state index contributed by atoms with van der Waals surface area (Å²) in [5, 5.41) is 2.73. The van der Waals surface area contributed by atoms with E-state index in [2.05, 4.69) is 48.1 Å². The van der Waals surface area contributed by atoms with E-state index in [-0.39, 0.29) is 0 Å². The van der Waals surface area contributed by atoms with Gasteiger partial charge in [0, 0.05) is 34.6 Å². The quantitative estimate of drug-likeness (QED) is 0.625. The minimum Gasteiger partial charge on any atom is -0.354 e. The van der Waals surface area contributed by atoms with Crippen LogP contribution >= 0.6 is 0 Å². The van der Waals surface area contributed by atoms with Gasteiger partial charge in [0.25, 0.3) is 0 Å². The van der Waals surface area contributed by atoms with Gasteiger partial charge in [0.05, 0.1) is 5.52 Å². The first-order valence-electron chi connectivity index (χ1n) is 6.79. The largest absolute Gasteiger partial charge is 0.354 e. The molecular weight excluding hydrogens is 232 g/mol. The fourth-order valence-electron chi connectivity index (χ4n) is 3.36. The fourth-order valence-corrected chi connectivity index (χ4v) is 3.36. The molecule has 0 bridgehead atoms. The summed E-state index contributed by atoms with van der Waals surface area (Å²) in [6.07, 6.45) is 3.11. The molecule has 2 aromatic carbocycles. The molecule has 1 aliphatic rings. The Labute approximate surface area is 112 Å². The first kappa shape index (κ1) is 10.8. The molecule has 1 N–H and O–H groups in total. The lowest BCUT2D eigenvalue weighted by molar-refractivity contribution is 0.942. The van der Waals surface area contributed by atoms with Crippen LogP contribution in [-0.2, 0) is 6.42 Å². The Kier molecular flexibility index (Phi) is 2.10. The van der Waals surface area contributed by atoms with Crippen LogP contribution in [0.4, 0.5) is 0 Å². The van der Waals surface area contributed by atoms with Gasteiger partial charge in [-0.15, -0.1) is 0 Å². The van der Waals surface area contributed by atoms with Crippen molar-refractivity contribution in [3.05, 3.63) is 46.5 Å². The summed E-state index contributed by atoms with van der Waals surface area (Å²) in [7, 11) is 0. The van der Waals surface area contributed by atoms with Gasteiger partial charge >= 0.3 is 0 Å². The summed E-state index contributed by atoms with van der Waals surface area (Å²) in [6, 6.07) is 8.57. The SMILES string of the molecule is Cc1c2c(c(C)c3c1[nH]c1ccccc13)CCN=C2. The number of fused-ring (bicyclic) bond motifs is 4. The molecule has 94 valence electrons. The summed E-state index contributed by atoms with van der Waals surface area (Å²) < 4.78 is 0. The van der Waals surface area contributed by atoms with Gasteiger partial charge in [0.15, 0.2) is 0 Å². The number of aliphatic imine (C=N–C) groups is 1. The van der Waals surface area contributed by atoms with Crippen molar-refractivity contribution in [1.29, 1.82) is 0 Å². The van der Waals surface area contributed by atoms with Gasteiger partial charge in [-0.1, -0.05) is 18.2 Å². The molecule has 1 aromatic heterocycles. The Bertz CT molecular complexity index is 837. The van der Waals surface area contributed by atoms with Crippen molar-refractivity contribution in [2.24, 2.45) is 4.99 Å². The highest BCUT2D eigenvalue weighted by Gasteiger charge is 2.18. The lowest BCUT2D eigenvalue weighted by Gasteiger charge is -2.17. The van der Waals surface area contributed by atoms with Crippen LogP contribution < -0.4 is 0 Å². The van der Waals surface area contributed by atoms with Crippen LogP contribution in [-0.4, -0.2) is 17.7 Å². The standard InChI is InChI=1S/C17H16N2/c1-10-12-7-8-18-9-14(12)11(2)17-16(10)13-5-3-4-6-15(13)19-17/h3-6,9,19H,7-8H2,1-2H3. The number of aromatic nitrogens is 1. The molecule has 0 aliphatic carbocycles. The van der Waals surface area contributed by atoms with Crippen LogP contribution in [0, 0.1) is 13.8 Å². The number of hydrogen-bond acceptors (Lipinski definition) is 1. The monoisotopic (exact) mass is 248 g/mol. The van der Waals surface area contributed by atoms with E-state index < -0.39 is 0 Å². The lowest BCUT2D eigenvalue weighted by atomic mass is 9.90. The van der Waals surface area contributed by atoms with E-state index in [1.165, 1.54) is 44.1 Å². The Hall–Kier alpha value is -2.09. The molecule has 0 fully saturated rings. The van der Waals surface area contributed by atoms with Gasteiger partial charge in [0.2, 0.25) is 0 Å². The van der Waals surface area contributed by atoms with Gasteiger partial charge < -0.3 is 4.98 Å². The zero-order chi connectivity index (χ0) is 13.0. The summed E-state index contributed by atoms with van der Waals surface area (Å²) in [6.45, 7) is 5.37. The molecule has 3 aromatic rings. The van der Waals surface area contributed by atoms with Crippen molar-refractivity contribution in [2.45, 2.75) is 20.3 Å². The highest BCUT2D eigenvalue weighted by atomic mass is 14.7. The number of rotatable bonds is 0. The molecule has 19 heavy (non-hydrogen) atoms. The Morgan fingerprint density at radius 3 is 2.84 bits per heavy atom.